The number of carbonyl (C=O) groups is 1. The van der Waals surface area contributed by atoms with Crippen molar-refractivity contribution in [1.29, 1.82) is 0 Å². The second-order valence-corrected chi connectivity index (χ2v) is 6.96. The summed E-state index contributed by atoms with van der Waals surface area (Å²) in [5.74, 6) is 0.999. The van der Waals surface area contributed by atoms with Crippen LogP contribution in [0.25, 0.3) is 11.3 Å². The van der Waals surface area contributed by atoms with Crippen LogP contribution >= 0.6 is 12.2 Å². The van der Waals surface area contributed by atoms with Crippen molar-refractivity contribution in [2.45, 2.75) is 26.8 Å². The lowest BCUT2D eigenvalue weighted by molar-refractivity contribution is -0.384. The van der Waals surface area contributed by atoms with Crippen LogP contribution in [-0.2, 0) is 4.79 Å². The predicted octanol–water partition coefficient (Wildman–Crippen LogP) is 3.52. The maximum Gasteiger partial charge on any atom is 0.269 e. The van der Waals surface area contributed by atoms with Gasteiger partial charge in [-0.25, -0.2) is 0 Å². The van der Waals surface area contributed by atoms with E-state index in [1.54, 1.807) is 29.2 Å². The van der Waals surface area contributed by atoms with Crippen molar-refractivity contribution in [3.05, 3.63) is 63.5 Å². The number of thiocarbonyl (C=S) groups is 1. The molecule has 152 valence electrons. The van der Waals surface area contributed by atoms with Crippen molar-refractivity contribution in [2.24, 2.45) is 0 Å². The SMILES string of the molecule is CCN(CC)C(=O)C1=C(C)NC(=S)N[C@@H]1c1ccc(-c2ccc([N+](=O)[O-])cc2)o1. The summed E-state index contributed by atoms with van der Waals surface area (Å²) in [6, 6.07) is 9.14. The summed E-state index contributed by atoms with van der Waals surface area (Å²) < 4.78 is 6.01. The normalized spacial score (nSPS) is 16.2. The van der Waals surface area contributed by atoms with E-state index in [9.17, 15) is 14.9 Å². The number of nitro groups is 1. The van der Waals surface area contributed by atoms with E-state index in [1.807, 2.05) is 20.8 Å². The minimum absolute atomic E-state index is 0.0107. The molecule has 0 saturated carbocycles. The molecule has 0 saturated heterocycles. The van der Waals surface area contributed by atoms with Crippen LogP contribution < -0.4 is 10.6 Å². The Balaban J connectivity index is 1.95. The molecule has 1 atom stereocenters. The molecule has 1 aliphatic heterocycles. The van der Waals surface area contributed by atoms with Gasteiger partial charge >= 0.3 is 0 Å². The first kappa shape index (κ1) is 20.5. The molecule has 29 heavy (non-hydrogen) atoms. The van der Waals surface area contributed by atoms with Gasteiger partial charge in [0.25, 0.3) is 11.6 Å². The van der Waals surface area contributed by atoms with Gasteiger partial charge in [-0.3, -0.25) is 14.9 Å². The Morgan fingerprint density at radius 2 is 1.86 bits per heavy atom. The Morgan fingerprint density at radius 1 is 1.21 bits per heavy atom. The Hall–Kier alpha value is -3.20. The molecule has 0 bridgehead atoms. The van der Waals surface area contributed by atoms with Gasteiger partial charge in [-0.1, -0.05) is 0 Å². The first-order valence-electron chi connectivity index (χ1n) is 9.27. The number of hydrogen-bond donors (Lipinski definition) is 2. The van der Waals surface area contributed by atoms with Gasteiger partial charge in [0.2, 0.25) is 0 Å². The van der Waals surface area contributed by atoms with E-state index in [0.717, 1.165) is 0 Å². The van der Waals surface area contributed by atoms with Crippen LogP contribution in [0.4, 0.5) is 5.69 Å². The minimum atomic E-state index is -0.524. The molecule has 0 spiro atoms. The second-order valence-electron chi connectivity index (χ2n) is 6.55. The fourth-order valence-electron chi connectivity index (χ4n) is 3.28. The van der Waals surface area contributed by atoms with Crippen molar-refractivity contribution >= 4 is 28.9 Å². The third kappa shape index (κ3) is 4.14. The molecule has 9 heteroatoms. The standard InChI is InChI=1S/C20H22N4O4S/c1-4-23(5-2)19(25)17-12(3)21-20(29)22-18(17)16-11-10-15(28-16)13-6-8-14(9-7-13)24(26)27/h6-11,18H,4-5H2,1-3H3,(H2,21,22,29)/t18-/m1/s1. The van der Waals surface area contributed by atoms with Gasteiger partial charge in [0, 0.05) is 36.5 Å². The second kappa shape index (κ2) is 8.44. The number of nitrogens with zero attached hydrogens (tertiary/aromatic N) is 2. The summed E-state index contributed by atoms with van der Waals surface area (Å²) >= 11 is 5.27. The number of amides is 1. The summed E-state index contributed by atoms with van der Waals surface area (Å²) in [5.41, 5.74) is 1.95. The van der Waals surface area contributed by atoms with E-state index < -0.39 is 11.0 Å². The minimum Gasteiger partial charge on any atom is -0.459 e. The van der Waals surface area contributed by atoms with Gasteiger partial charge in [-0.15, -0.1) is 0 Å². The predicted molar refractivity (Wildman–Crippen MR) is 113 cm³/mol. The van der Waals surface area contributed by atoms with Crippen molar-refractivity contribution < 1.29 is 14.1 Å². The third-order valence-electron chi connectivity index (χ3n) is 4.82. The molecule has 2 heterocycles. The number of likely N-dealkylation sites (N-methyl/N-ethyl adjacent to an activating group) is 1. The quantitative estimate of drug-likeness (QED) is 0.424. The molecular formula is C20H22N4O4S. The number of non-ortho nitro benzene ring substituents is 1. The van der Waals surface area contributed by atoms with Crippen molar-refractivity contribution in [2.75, 3.05) is 13.1 Å². The van der Waals surface area contributed by atoms with Gasteiger partial charge in [0.1, 0.15) is 17.6 Å². The average Bonchev–Trinajstić information content (AvgIpc) is 3.18. The fourth-order valence-corrected chi connectivity index (χ4v) is 3.55. The molecule has 0 aliphatic carbocycles. The highest BCUT2D eigenvalue weighted by Crippen LogP contribution is 2.32. The number of allylic oxidation sites excluding steroid dienone is 1. The Kier molecular flexibility index (Phi) is 5.97. The largest absolute Gasteiger partial charge is 0.459 e. The summed E-state index contributed by atoms with van der Waals surface area (Å²) in [4.78, 5) is 25.2. The molecular weight excluding hydrogens is 392 g/mol. The Morgan fingerprint density at radius 3 is 2.45 bits per heavy atom. The molecule has 1 aromatic heterocycles. The maximum atomic E-state index is 13.1. The lowest BCUT2D eigenvalue weighted by Gasteiger charge is -2.31. The van der Waals surface area contributed by atoms with E-state index >= 15 is 0 Å². The summed E-state index contributed by atoms with van der Waals surface area (Å²) in [6.45, 7) is 6.86. The van der Waals surface area contributed by atoms with Crippen molar-refractivity contribution in [3.8, 4) is 11.3 Å². The monoisotopic (exact) mass is 414 g/mol. The molecule has 8 nitrogen and oxygen atoms in total. The van der Waals surface area contributed by atoms with Crippen molar-refractivity contribution in [3.63, 3.8) is 0 Å². The number of carbonyl (C=O) groups excluding carboxylic acids is 1. The van der Waals surface area contributed by atoms with Gasteiger partial charge in [-0.2, -0.15) is 0 Å². The zero-order valence-electron chi connectivity index (χ0n) is 16.4. The highest BCUT2D eigenvalue weighted by molar-refractivity contribution is 7.80. The molecule has 0 fully saturated rings. The fraction of sp³-hybridized carbons (Fsp3) is 0.300. The van der Waals surface area contributed by atoms with Crippen molar-refractivity contribution in [1.82, 2.24) is 15.5 Å². The molecule has 3 rings (SSSR count). The maximum absolute atomic E-state index is 13.1. The number of hydrogen-bond acceptors (Lipinski definition) is 5. The lowest BCUT2D eigenvalue weighted by Crippen LogP contribution is -2.47. The lowest BCUT2D eigenvalue weighted by atomic mass is 9.99. The molecule has 1 amide bonds. The number of furan rings is 1. The van der Waals surface area contributed by atoms with Crippen LogP contribution in [0.5, 0.6) is 0 Å². The molecule has 1 aromatic carbocycles. The zero-order chi connectivity index (χ0) is 21.1. The van der Waals surface area contributed by atoms with E-state index in [0.29, 0.717) is 46.6 Å². The average molecular weight is 414 g/mol. The van der Waals surface area contributed by atoms with Crippen LogP contribution in [0.3, 0.4) is 0 Å². The van der Waals surface area contributed by atoms with Gasteiger partial charge < -0.3 is 20.0 Å². The van der Waals surface area contributed by atoms with Gasteiger partial charge in [0.05, 0.1) is 10.5 Å². The van der Waals surface area contributed by atoms with Crippen LogP contribution in [0.2, 0.25) is 0 Å². The smallest absolute Gasteiger partial charge is 0.269 e. The third-order valence-corrected chi connectivity index (χ3v) is 5.04. The van der Waals surface area contributed by atoms with Crippen LogP contribution in [0.1, 0.15) is 32.6 Å². The molecule has 2 N–H and O–H groups in total. The van der Waals surface area contributed by atoms with E-state index in [-0.39, 0.29) is 11.6 Å². The van der Waals surface area contributed by atoms with Crippen LogP contribution in [0.15, 0.2) is 52.1 Å². The molecule has 1 aliphatic rings. The van der Waals surface area contributed by atoms with Gasteiger partial charge in [-0.05, 0) is 57.3 Å². The van der Waals surface area contributed by atoms with Crippen LogP contribution in [0, 0.1) is 10.1 Å². The number of nitrogens with one attached hydrogen (secondary N) is 2. The van der Waals surface area contributed by atoms with E-state index in [2.05, 4.69) is 10.6 Å². The summed E-state index contributed by atoms with van der Waals surface area (Å²) in [6.07, 6.45) is 0. The molecule has 2 aromatic rings. The summed E-state index contributed by atoms with van der Waals surface area (Å²) in [5, 5.41) is 17.4. The highest BCUT2D eigenvalue weighted by atomic mass is 32.1. The topological polar surface area (TPSA) is 101 Å². The van der Waals surface area contributed by atoms with Crippen LogP contribution in [-0.4, -0.2) is 33.9 Å². The first-order valence-corrected chi connectivity index (χ1v) is 9.68. The Labute approximate surface area is 173 Å². The number of benzene rings is 1. The van der Waals surface area contributed by atoms with Gasteiger partial charge in [0.15, 0.2) is 5.11 Å². The summed E-state index contributed by atoms with van der Waals surface area (Å²) in [7, 11) is 0. The zero-order valence-corrected chi connectivity index (χ0v) is 17.2. The van der Waals surface area contributed by atoms with E-state index in [1.165, 1.54) is 12.1 Å². The molecule has 0 radical (unpaired) electrons. The number of nitro benzene ring substituents is 1. The highest BCUT2D eigenvalue weighted by Gasteiger charge is 2.33. The van der Waals surface area contributed by atoms with E-state index in [4.69, 9.17) is 16.6 Å². The molecule has 0 unspecified atom stereocenters. The Bertz CT molecular complexity index is 977. The first-order chi connectivity index (χ1) is 13.8. The number of rotatable bonds is 6.